The van der Waals surface area contributed by atoms with Gasteiger partial charge in [-0.2, -0.15) is 11.3 Å². The largest absolute Gasteiger partial charge is 0.152 e. The van der Waals surface area contributed by atoms with Crippen LogP contribution in [0.25, 0.3) is 10.4 Å². The molecule has 2 rings (SSSR count). The van der Waals surface area contributed by atoms with Crippen molar-refractivity contribution in [2.75, 3.05) is 0 Å². The van der Waals surface area contributed by atoms with Crippen LogP contribution in [0.5, 0.6) is 0 Å². The summed E-state index contributed by atoms with van der Waals surface area (Å²) in [6.07, 6.45) is 5.17. The molecule has 4 heteroatoms. The van der Waals surface area contributed by atoms with Crippen LogP contribution in [0.1, 0.15) is 19.3 Å². The van der Waals surface area contributed by atoms with Crippen LogP contribution in [0.4, 0.5) is 0 Å². The predicted molar refractivity (Wildman–Crippen MR) is 55.4 cm³/mol. The minimum atomic E-state index is 0.910. The highest BCUT2D eigenvalue weighted by atomic mass is 32.1. The second-order valence-electron chi connectivity index (χ2n) is 2.57. The second-order valence-corrected chi connectivity index (χ2v) is 3.39. The zero-order valence-corrected chi connectivity index (χ0v) is 8.07. The summed E-state index contributed by atoms with van der Waals surface area (Å²) >= 11 is 1.71. The van der Waals surface area contributed by atoms with Crippen LogP contribution < -0.4 is 0 Å². The molecule has 1 aromatic heterocycles. The van der Waals surface area contributed by atoms with Crippen molar-refractivity contribution in [2.24, 2.45) is 5.11 Å². The summed E-state index contributed by atoms with van der Waals surface area (Å²) in [7, 11) is 0. The Balaban J connectivity index is 0.000000145. The fraction of sp³-hybridized carbons (Fsp3) is 0.333. The molecule has 1 aliphatic rings. The summed E-state index contributed by atoms with van der Waals surface area (Å²) in [5, 5.41) is 7.55. The second kappa shape index (κ2) is 6.29. The van der Waals surface area contributed by atoms with Crippen LogP contribution in [0.15, 0.2) is 39.8 Å². The Kier molecular flexibility index (Phi) is 4.76. The van der Waals surface area contributed by atoms with Gasteiger partial charge in [0.2, 0.25) is 0 Å². The van der Waals surface area contributed by atoms with Gasteiger partial charge in [0.25, 0.3) is 0 Å². The van der Waals surface area contributed by atoms with Gasteiger partial charge < -0.3 is 0 Å². The summed E-state index contributed by atoms with van der Waals surface area (Å²) < 4.78 is 0. The molecule has 0 N–H and O–H groups in total. The number of allylic oxidation sites excluding steroid dienone is 2. The van der Waals surface area contributed by atoms with Crippen LogP contribution in [0.2, 0.25) is 0 Å². The third-order valence-electron chi connectivity index (χ3n) is 1.62. The van der Waals surface area contributed by atoms with Crippen LogP contribution >= 0.6 is 11.3 Å². The molecule has 0 aliphatic heterocycles. The molecule has 0 fully saturated rings. The normalized spacial score (nSPS) is 13.7. The maximum atomic E-state index is 7.94. The van der Waals surface area contributed by atoms with Crippen molar-refractivity contribution in [3.05, 3.63) is 45.1 Å². The average Bonchev–Trinajstić information content (AvgIpc) is 2.79. The first-order valence-electron chi connectivity index (χ1n) is 4.15. The predicted octanol–water partition coefficient (Wildman–Crippen LogP) is 4.11. The van der Waals surface area contributed by atoms with E-state index in [1.54, 1.807) is 11.3 Å². The van der Waals surface area contributed by atoms with Gasteiger partial charge in [0.1, 0.15) is 0 Å². The molecule has 3 nitrogen and oxygen atoms in total. The Morgan fingerprint density at radius 1 is 1.38 bits per heavy atom. The lowest BCUT2D eigenvalue weighted by molar-refractivity contribution is 0.898. The molecule has 68 valence electrons. The van der Waals surface area contributed by atoms with Crippen molar-refractivity contribution in [3.63, 3.8) is 0 Å². The van der Waals surface area contributed by atoms with E-state index in [0.717, 1.165) is 25.0 Å². The van der Waals surface area contributed by atoms with Crippen LogP contribution in [0, 0.1) is 0 Å². The molecular weight excluding hydrogens is 182 g/mol. The van der Waals surface area contributed by atoms with Gasteiger partial charge in [-0.05, 0) is 35.6 Å². The van der Waals surface area contributed by atoms with Crippen LogP contribution in [-0.2, 0) is 0 Å². The smallest absolute Gasteiger partial charge is 0.0111 e. The molecule has 0 aromatic carbocycles. The van der Waals surface area contributed by atoms with Crippen molar-refractivity contribution in [2.45, 2.75) is 19.3 Å². The molecule has 0 saturated heterocycles. The zero-order valence-electron chi connectivity index (χ0n) is 7.26. The molecule has 0 spiro atoms. The van der Waals surface area contributed by atoms with E-state index in [4.69, 9.17) is 5.53 Å². The Bertz CT molecular complexity index is 279. The minimum absolute atomic E-state index is 0.910. The zero-order chi connectivity index (χ0) is 9.36. The number of rotatable bonds is 1. The van der Waals surface area contributed by atoms with Gasteiger partial charge in [-0.25, -0.2) is 0 Å². The molecule has 0 atom stereocenters. The lowest BCUT2D eigenvalue weighted by atomic mass is 10.3. The summed E-state index contributed by atoms with van der Waals surface area (Å²) in [6, 6.07) is 4.04. The molecule has 0 amide bonds. The topological polar surface area (TPSA) is 48.8 Å². The highest BCUT2D eigenvalue weighted by Gasteiger charge is 1.99. The Hall–Kier alpha value is -1.25. The van der Waals surface area contributed by atoms with Gasteiger partial charge >= 0.3 is 0 Å². The summed E-state index contributed by atoms with van der Waals surface area (Å²) in [6.45, 7) is 0. The van der Waals surface area contributed by atoms with E-state index < -0.39 is 0 Å². The quantitative estimate of drug-likeness (QED) is 0.366. The molecule has 0 bridgehead atoms. The molecule has 0 saturated carbocycles. The summed E-state index contributed by atoms with van der Waals surface area (Å²) in [5.74, 6) is 0. The molecule has 0 unspecified atom stereocenters. The monoisotopic (exact) mass is 193 g/mol. The SMILES string of the molecule is [N-]=[N+]=NC1=CCCC1.c1ccsc1. The van der Waals surface area contributed by atoms with E-state index >= 15 is 0 Å². The maximum absolute atomic E-state index is 7.94. The number of thiophene rings is 1. The van der Waals surface area contributed by atoms with E-state index in [9.17, 15) is 0 Å². The number of hydrogen-bond donors (Lipinski definition) is 0. The Labute approximate surface area is 81.3 Å². The highest BCUT2D eigenvalue weighted by molar-refractivity contribution is 7.07. The summed E-state index contributed by atoms with van der Waals surface area (Å²) in [4.78, 5) is 2.67. The standard InChI is InChI=1S/C5H7N3.C4H4S/c6-8-7-5-3-1-2-4-5;1-2-4-5-3-1/h3H,1-2,4H2;1-4H. The van der Waals surface area contributed by atoms with Gasteiger partial charge in [-0.1, -0.05) is 23.3 Å². The van der Waals surface area contributed by atoms with E-state index in [2.05, 4.69) is 10.0 Å². The fourth-order valence-electron chi connectivity index (χ4n) is 1.03. The molecule has 13 heavy (non-hydrogen) atoms. The van der Waals surface area contributed by atoms with Gasteiger partial charge in [-0.15, -0.1) is 0 Å². The first kappa shape index (κ1) is 9.84. The molecular formula is C9H11N3S. The summed E-state index contributed by atoms with van der Waals surface area (Å²) in [5.41, 5.74) is 8.85. The van der Waals surface area contributed by atoms with Gasteiger partial charge in [-0.3, -0.25) is 0 Å². The van der Waals surface area contributed by atoms with Crippen molar-refractivity contribution < 1.29 is 0 Å². The maximum Gasteiger partial charge on any atom is 0.0111 e. The molecule has 1 aromatic rings. The first-order chi connectivity index (χ1) is 6.43. The Morgan fingerprint density at radius 2 is 2.15 bits per heavy atom. The van der Waals surface area contributed by atoms with Gasteiger partial charge in [0.05, 0.1) is 0 Å². The van der Waals surface area contributed by atoms with E-state index in [1.165, 1.54) is 0 Å². The van der Waals surface area contributed by atoms with Crippen molar-refractivity contribution in [1.82, 2.24) is 0 Å². The number of hydrogen-bond acceptors (Lipinski definition) is 2. The lowest BCUT2D eigenvalue weighted by Gasteiger charge is -1.81. The number of azide groups is 1. The fourth-order valence-corrected chi connectivity index (χ4v) is 1.48. The minimum Gasteiger partial charge on any atom is -0.152 e. The van der Waals surface area contributed by atoms with Crippen LogP contribution in [0.3, 0.4) is 0 Å². The molecule has 1 aliphatic carbocycles. The number of nitrogens with zero attached hydrogens (tertiary/aromatic N) is 3. The van der Waals surface area contributed by atoms with Gasteiger partial charge in [0, 0.05) is 10.6 Å². The molecule has 0 radical (unpaired) electrons. The molecule has 1 heterocycles. The highest BCUT2D eigenvalue weighted by Crippen LogP contribution is 2.17. The first-order valence-corrected chi connectivity index (χ1v) is 5.09. The van der Waals surface area contributed by atoms with Crippen molar-refractivity contribution in [1.29, 1.82) is 0 Å². The van der Waals surface area contributed by atoms with Gasteiger partial charge in [0.15, 0.2) is 0 Å². The van der Waals surface area contributed by atoms with E-state index in [1.807, 2.05) is 29.0 Å². The van der Waals surface area contributed by atoms with Crippen molar-refractivity contribution in [3.8, 4) is 0 Å². The van der Waals surface area contributed by atoms with E-state index in [0.29, 0.717) is 0 Å². The van der Waals surface area contributed by atoms with Crippen molar-refractivity contribution >= 4 is 11.3 Å². The van der Waals surface area contributed by atoms with Crippen LogP contribution in [-0.4, -0.2) is 0 Å². The lowest BCUT2D eigenvalue weighted by Crippen LogP contribution is -1.63. The third kappa shape index (κ3) is 4.35. The van der Waals surface area contributed by atoms with E-state index in [-0.39, 0.29) is 0 Å². The average molecular weight is 193 g/mol. The third-order valence-corrected chi connectivity index (χ3v) is 2.24. The Morgan fingerprint density at radius 3 is 2.54 bits per heavy atom.